The van der Waals surface area contributed by atoms with E-state index in [1.807, 2.05) is 24.9 Å². The number of rotatable bonds is 10. The van der Waals surface area contributed by atoms with Crippen LogP contribution in [0, 0.1) is 23.7 Å². The number of piperidine rings is 1. The summed E-state index contributed by atoms with van der Waals surface area (Å²) >= 11 is 0. The molecule has 6 nitrogen and oxygen atoms in total. The standard InChI is InChI=1S/C33H48FN4O2.3ClH.Na/c1-6-22(4)36(5)30(32(39)40)24-18-25(28(20-24)23-10-9-11-26(34)19-23)21-37-16-14-33(15-17-37)13-12-27-29(7-2)35-38(8-3)31(27)33;;;;/h9-11,19,24-25,28,30H,6-8,12-18,20-21H2,1-5H3,(H,39,40);3*1H;/q-1;;;;+1/t24-,25+,28+,30-;;;;/m0..../s1. The van der Waals surface area contributed by atoms with Crippen molar-refractivity contribution in [1.29, 1.82) is 0 Å². The van der Waals surface area contributed by atoms with Gasteiger partial charge in [0.05, 0.1) is 11.7 Å². The van der Waals surface area contributed by atoms with E-state index in [-0.39, 0.29) is 89.8 Å². The minimum atomic E-state index is -0.755. The molecule has 3 aliphatic rings. The van der Waals surface area contributed by atoms with E-state index < -0.39 is 12.0 Å². The molecule has 0 amide bonds. The smallest absolute Gasteiger partial charge is 0.480 e. The van der Waals surface area contributed by atoms with E-state index in [1.165, 1.54) is 29.4 Å². The molecule has 1 aromatic heterocycles. The molecule has 244 valence electrons. The molecule has 2 aromatic rings. The number of hydrogen-bond acceptors (Lipinski definition) is 4. The fraction of sp³-hybridized carbons (Fsp3) is 0.667. The first kappa shape index (κ1) is 41.6. The molecule has 1 spiro atoms. The number of carboxylic acid groups (broad SMARTS) is 1. The van der Waals surface area contributed by atoms with E-state index in [9.17, 15) is 14.3 Å². The van der Waals surface area contributed by atoms with Gasteiger partial charge in [0.1, 0.15) is 5.82 Å². The van der Waals surface area contributed by atoms with Crippen molar-refractivity contribution in [3.05, 3.63) is 58.6 Å². The molecule has 11 heteroatoms. The third-order valence-corrected chi connectivity index (χ3v) is 10.7. The number of aliphatic carboxylic acids is 1. The van der Waals surface area contributed by atoms with Crippen LogP contribution in [0.15, 0.2) is 24.3 Å². The van der Waals surface area contributed by atoms with Crippen molar-refractivity contribution in [3.63, 3.8) is 0 Å². The second kappa shape index (κ2) is 17.7. The Kier molecular flexibility index (Phi) is 16.7. The number of halogens is 4. The molecule has 2 aliphatic carbocycles. The zero-order valence-corrected chi connectivity index (χ0v) is 31.8. The van der Waals surface area contributed by atoms with Gasteiger partial charge in [0.25, 0.3) is 0 Å². The maximum absolute atomic E-state index is 14.3. The number of likely N-dealkylation sites (tertiary alicyclic amines) is 1. The summed E-state index contributed by atoms with van der Waals surface area (Å²) in [6.45, 7) is 12.5. The Hall–Kier alpha value is -0.380. The Bertz CT molecular complexity index is 1210. The summed E-state index contributed by atoms with van der Waals surface area (Å²) in [7, 11) is 1.92. The molecule has 2 heterocycles. The van der Waals surface area contributed by atoms with E-state index in [2.05, 4.69) is 30.4 Å². The fourth-order valence-electron chi connectivity index (χ4n) is 8.33. The van der Waals surface area contributed by atoms with Gasteiger partial charge in [-0.05, 0) is 113 Å². The SMILES string of the molecule is CCc1nn(CC)c2c1CCC21CCN(C[C@H]2C[C@H]([C@@H](C(=O)O)N(C)[C-](C)CC)C[C@@H]2c2cccc(F)c2)CC1.Cl.Cl.Cl.[Na+]. The molecular formula is C33H51Cl3FN4NaO2. The number of aryl methyl sites for hydroxylation is 2. The summed E-state index contributed by atoms with van der Waals surface area (Å²) in [4.78, 5) is 17.1. The number of carboxylic acids is 1. The Labute approximate surface area is 304 Å². The average Bonchev–Trinajstić information content (AvgIpc) is 3.63. The minimum Gasteiger partial charge on any atom is -0.480 e. The van der Waals surface area contributed by atoms with Crippen LogP contribution < -0.4 is 29.6 Å². The van der Waals surface area contributed by atoms with Crippen molar-refractivity contribution < 1.29 is 43.8 Å². The number of likely N-dealkylation sites (N-methyl/N-ethyl adjacent to an activating group) is 1. The van der Waals surface area contributed by atoms with Gasteiger partial charge in [-0.1, -0.05) is 26.0 Å². The largest absolute Gasteiger partial charge is 1.00 e. The van der Waals surface area contributed by atoms with Gasteiger partial charge in [0.15, 0.2) is 0 Å². The second-order valence-corrected chi connectivity index (χ2v) is 12.7. The van der Waals surface area contributed by atoms with Crippen LogP contribution in [0.3, 0.4) is 0 Å². The number of carbonyl (C=O) groups is 1. The molecular weight excluding hydrogens is 633 g/mol. The summed E-state index contributed by atoms with van der Waals surface area (Å²) in [5.74, 6) is -0.458. The first-order valence-corrected chi connectivity index (χ1v) is 15.6. The zero-order chi connectivity index (χ0) is 28.6. The van der Waals surface area contributed by atoms with Gasteiger partial charge in [-0.3, -0.25) is 15.5 Å². The number of fused-ring (bicyclic) bond motifs is 2. The molecule has 44 heavy (non-hydrogen) atoms. The molecule has 0 unspecified atom stereocenters. The summed E-state index contributed by atoms with van der Waals surface area (Å²) in [5.41, 5.74) is 5.58. The van der Waals surface area contributed by atoms with Crippen molar-refractivity contribution in [2.24, 2.45) is 11.8 Å². The van der Waals surface area contributed by atoms with E-state index in [0.717, 1.165) is 82.7 Å². The normalized spacial score (nSPS) is 23.0. The first-order chi connectivity index (χ1) is 19.2. The number of aromatic nitrogens is 2. The molecule has 0 bridgehead atoms. The summed E-state index contributed by atoms with van der Waals surface area (Å²) in [6.07, 6.45) is 8.17. The number of hydrogen-bond donors (Lipinski definition) is 1. The molecule has 5 rings (SSSR count). The molecule has 0 radical (unpaired) electrons. The maximum atomic E-state index is 14.3. The molecule has 1 saturated heterocycles. The summed E-state index contributed by atoms with van der Waals surface area (Å²) < 4.78 is 16.6. The van der Waals surface area contributed by atoms with Crippen LogP contribution in [0.2, 0.25) is 0 Å². The van der Waals surface area contributed by atoms with Crippen LogP contribution >= 0.6 is 37.2 Å². The summed E-state index contributed by atoms with van der Waals surface area (Å²) in [5, 5.41) is 15.2. The molecule has 1 saturated carbocycles. The second-order valence-electron chi connectivity index (χ2n) is 12.7. The van der Waals surface area contributed by atoms with Gasteiger partial charge in [-0.2, -0.15) is 18.4 Å². The predicted molar refractivity (Wildman–Crippen MR) is 178 cm³/mol. The number of nitrogens with zero attached hydrogens (tertiary/aromatic N) is 4. The third-order valence-electron chi connectivity index (χ3n) is 10.7. The van der Waals surface area contributed by atoms with Crippen LogP contribution in [0.1, 0.15) is 94.7 Å². The van der Waals surface area contributed by atoms with Crippen molar-refractivity contribution in [3.8, 4) is 0 Å². The fourth-order valence-corrected chi connectivity index (χ4v) is 8.33. The maximum Gasteiger partial charge on any atom is 1.00 e. The minimum absolute atomic E-state index is 0. The van der Waals surface area contributed by atoms with Gasteiger partial charge in [0, 0.05) is 24.2 Å². The molecule has 4 atom stereocenters. The van der Waals surface area contributed by atoms with Crippen LogP contribution in [0.4, 0.5) is 4.39 Å². The topological polar surface area (TPSA) is 61.6 Å². The molecule has 1 N–H and O–H groups in total. The van der Waals surface area contributed by atoms with Crippen LogP contribution in [0.25, 0.3) is 0 Å². The summed E-state index contributed by atoms with van der Waals surface area (Å²) in [6, 6.07) is 7.55. The third kappa shape index (κ3) is 8.18. The Morgan fingerprint density at radius 2 is 1.84 bits per heavy atom. The van der Waals surface area contributed by atoms with Gasteiger partial charge in [0.2, 0.25) is 0 Å². The van der Waals surface area contributed by atoms with Gasteiger partial charge in [-0.25, -0.2) is 4.39 Å². The monoisotopic (exact) mass is 682 g/mol. The van der Waals surface area contributed by atoms with Gasteiger partial charge in [-0.15, -0.1) is 37.2 Å². The molecule has 1 aromatic carbocycles. The van der Waals surface area contributed by atoms with Gasteiger partial charge >= 0.3 is 35.5 Å². The molecule has 1 aliphatic heterocycles. The van der Waals surface area contributed by atoms with Gasteiger partial charge < -0.3 is 14.9 Å². The van der Waals surface area contributed by atoms with E-state index in [0.29, 0.717) is 5.92 Å². The predicted octanol–water partition coefficient (Wildman–Crippen LogP) is 4.31. The van der Waals surface area contributed by atoms with Crippen LogP contribution in [-0.2, 0) is 29.6 Å². The van der Waals surface area contributed by atoms with Crippen molar-refractivity contribution in [2.45, 2.75) is 103 Å². The Balaban J connectivity index is 0.00000242. The van der Waals surface area contributed by atoms with Crippen molar-refractivity contribution in [2.75, 3.05) is 26.7 Å². The van der Waals surface area contributed by atoms with Crippen molar-refractivity contribution >= 4 is 43.2 Å². The van der Waals surface area contributed by atoms with Crippen LogP contribution in [0.5, 0.6) is 0 Å². The van der Waals surface area contributed by atoms with Crippen molar-refractivity contribution in [1.82, 2.24) is 19.6 Å². The van der Waals surface area contributed by atoms with E-state index in [1.54, 1.807) is 12.1 Å². The Morgan fingerprint density at radius 3 is 2.41 bits per heavy atom. The van der Waals surface area contributed by atoms with E-state index >= 15 is 0 Å². The van der Waals surface area contributed by atoms with Crippen LogP contribution in [-0.4, -0.2) is 63.4 Å². The quantitative estimate of drug-likeness (QED) is 0.299. The number of benzene rings is 1. The van der Waals surface area contributed by atoms with E-state index in [4.69, 9.17) is 5.10 Å². The Morgan fingerprint density at radius 1 is 1.16 bits per heavy atom. The first-order valence-electron chi connectivity index (χ1n) is 15.6. The molecule has 2 fully saturated rings. The average molecular weight is 684 g/mol. The zero-order valence-electron chi connectivity index (χ0n) is 27.4.